The van der Waals surface area contributed by atoms with Crippen molar-refractivity contribution in [3.05, 3.63) is 48.5 Å². The maximum atomic E-state index is 15.1. The molecule has 170 valence electrons. The zero-order valence-electron chi connectivity index (χ0n) is 17.0. The van der Waals surface area contributed by atoms with Crippen LogP contribution in [0, 0.1) is 5.82 Å². The number of anilines is 3. The molecule has 5 N–H and O–H groups in total. The predicted octanol–water partition coefficient (Wildman–Crippen LogP) is 2.55. The summed E-state index contributed by atoms with van der Waals surface area (Å²) in [7, 11) is -3.90. The van der Waals surface area contributed by atoms with Crippen molar-refractivity contribution in [2.75, 3.05) is 28.6 Å². The Morgan fingerprint density at radius 2 is 1.76 bits per heavy atom. The van der Waals surface area contributed by atoms with E-state index in [1.54, 1.807) is 6.07 Å². The number of alkyl halides is 1. The van der Waals surface area contributed by atoms with E-state index in [1.807, 2.05) is 0 Å². The molecule has 1 aromatic carbocycles. The number of nitrogens with zero attached hydrogens (tertiary/aromatic N) is 5. The number of fused-ring (bicyclic) bond motifs is 1. The van der Waals surface area contributed by atoms with E-state index in [0.717, 1.165) is 0 Å². The second kappa shape index (κ2) is 8.86. The molecular formula is C20H18F2N8O2S. The van der Waals surface area contributed by atoms with Crippen molar-refractivity contribution in [3.8, 4) is 22.6 Å². The summed E-state index contributed by atoms with van der Waals surface area (Å²) in [6, 6.07) is 7.30. The van der Waals surface area contributed by atoms with Crippen LogP contribution in [0.3, 0.4) is 0 Å². The normalized spacial score (nSPS) is 11.6. The molecule has 0 amide bonds. The Hall–Kier alpha value is -4.00. The molecule has 4 rings (SSSR count). The van der Waals surface area contributed by atoms with Gasteiger partial charge < -0.3 is 11.5 Å². The lowest BCUT2D eigenvalue weighted by Crippen LogP contribution is -2.18. The Kier molecular flexibility index (Phi) is 5.96. The zero-order chi connectivity index (χ0) is 23.6. The Labute approximate surface area is 187 Å². The molecule has 0 saturated carbocycles. The van der Waals surface area contributed by atoms with Crippen molar-refractivity contribution in [3.63, 3.8) is 0 Å². The average molecular weight is 472 g/mol. The summed E-state index contributed by atoms with van der Waals surface area (Å²) in [6.07, 6.45) is 2.73. The van der Waals surface area contributed by atoms with Crippen LogP contribution in [0.1, 0.15) is 6.42 Å². The molecule has 0 aliphatic carbocycles. The van der Waals surface area contributed by atoms with Gasteiger partial charge in [0.05, 0.1) is 34.9 Å². The number of benzene rings is 1. The largest absolute Gasteiger partial charge is 0.382 e. The summed E-state index contributed by atoms with van der Waals surface area (Å²) in [6.45, 7) is -0.791. The van der Waals surface area contributed by atoms with Gasteiger partial charge in [0.25, 0.3) is 0 Å². The van der Waals surface area contributed by atoms with Gasteiger partial charge in [-0.1, -0.05) is 6.07 Å². The second-order valence-electron chi connectivity index (χ2n) is 6.96. The highest BCUT2D eigenvalue weighted by molar-refractivity contribution is 7.92. The highest BCUT2D eigenvalue weighted by Gasteiger charge is 2.18. The third-order valence-electron chi connectivity index (χ3n) is 4.59. The molecule has 3 aromatic heterocycles. The van der Waals surface area contributed by atoms with Crippen molar-refractivity contribution >= 4 is 38.5 Å². The van der Waals surface area contributed by atoms with E-state index >= 15 is 4.39 Å². The summed E-state index contributed by atoms with van der Waals surface area (Å²) in [5.74, 6) is -0.866. The average Bonchev–Trinajstić information content (AvgIpc) is 2.79. The van der Waals surface area contributed by atoms with E-state index in [2.05, 4.69) is 29.6 Å². The van der Waals surface area contributed by atoms with Gasteiger partial charge in [-0.25, -0.2) is 37.7 Å². The molecule has 33 heavy (non-hydrogen) atoms. The molecule has 0 atom stereocenters. The van der Waals surface area contributed by atoms with Crippen LogP contribution >= 0.6 is 0 Å². The quantitative estimate of drug-likeness (QED) is 0.367. The smallest absolute Gasteiger partial charge is 0.232 e. The number of rotatable bonds is 7. The minimum absolute atomic E-state index is 0.0398. The van der Waals surface area contributed by atoms with E-state index in [-0.39, 0.29) is 46.5 Å². The van der Waals surface area contributed by atoms with Gasteiger partial charge in [-0.2, -0.15) is 0 Å². The lowest BCUT2D eigenvalue weighted by Gasteiger charge is -2.12. The molecule has 0 unspecified atom stereocenters. The lowest BCUT2D eigenvalue weighted by atomic mass is 10.1. The van der Waals surface area contributed by atoms with Crippen LogP contribution in [0.4, 0.5) is 26.2 Å². The Balaban J connectivity index is 1.71. The zero-order valence-corrected chi connectivity index (χ0v) is 17.9. The fourth-order valence-corrected chi connectivity index (χ4v) is 4.12. The van der Waals surface area contributed by atoms with E-state index in [4.69, 9.17) is 11.5 Å². The van der Waals surface area contributed by atoms with Gasteiger partial charge in [-0.05, 0) is 30.7 Å². The third-order valence-corrected chi connectivity index (χ3v) is 5.94. The summed E-state index contributed by atoms with van der Waals surface area (Å²) >= 11 is 0. The van der Waals surface area contributed by atoms with Crippen LogP contribution in [0.2, 0.25) is 0 Å². The molecule has 13 heteroatoms. The molecule has 0 fully saturated rings. The molecule has 0 aliphatic rings. The molecule has 0 bridgehead atoms. The van der Waals surface area contributed by atoms with E-state index in [1.165, 1.54) is 36.7 Å². The Morgan fingerprint density at radius 1 is 1.00 bits per heavy atom. The van der Waals surface area contributed by atoms with Gasteiger partial charge in [-0.15, -0.1) is 0 Å². The molecule has 10 nitrogen and oxygen atoms in total. The molecule has 4 aromatic rings. The van der Waals surface area contributed by atoms with Gasteiger partial charge in [-0.3, -0.25) is 9.11 Å². The number of sulfonamides is 1. The predicted molar refractivity (Wildman–Crippen MR) is 121 cm³/mol. The Morgan fingerprint density at radius 3 is 2.48 bits per heavy atom. The number of hydrogen-bond acceptors (Lipinski definition) is 9. The van der Waals surface area contributed by atoms with Crippen LogP contribution < -0.4 is 16.2 Å². The van der Waals surface area contributed by atoms with Gasteiger partial charge in [0.15, 0.2) is 17.5 Å². The molecular weight excluding hydrogens is 454 g/mol. The van der Waals surface area contributed by atoms with Crippen LogP contribution in [0.5, 0.6) is 0 Å². The van der Waals surface area contributed by atoms with Gasteiger partial charge in [0, 0.05) is 18.0 Å². The fourth-order valence-electron chi connectivity index (χ4n) is 3.04. The van der Waals surface area contributed by atoms with Crippen LogP contribution in [-0.4, -0.2) is 45.8 Å². The minimum Gasteiger partial charge on any atom is -0.382 e. The van der Waals surface area contributed by atoms with Crippen molar-refractivity contribution in [1.29, 1.82) is 0 Å². The number of aromatic nitrogens is 5. The number of pyridine rings is 1. The van der Waals surface area contributed by atoms with Crippen molar-refractivity contribution in [2.24, 2.45) is 0 Å². The monoisotopic (exact) mass is 472 g/mol. The third kappa shape index (κ3) is 4.77. The molecule has 0 radical (unpaired) electrons. The first kappa shape index (κ1) is 22.2. The van der Waals surface area contributed by atoms with E-state index in [9.17, 15) is 12.8 Å². The first-order valence-electron chi connectivity index (χ1n) is 9.65. The van der Waals surface area contributed by atoms with Crippen LogP contribution in [-0.2, 0) is 10.0 Å². The first-order valence-corrected chi connectivity index (χ1v) is 11.3. The summed E-state index contributed by atoms with van der Waals surface area (Å²) in [5, 5.41) is 0. The number of nitrogen functional groups attached to an aromatic ring is 2. The minimum atomic E-state index is -3.90. The maximum Gasteiger partial charge on any atom is 0.232 e. The second-order valence-corrected chi connectivity index (χ2v) is 8.80. The SMILES string of the molecule is Nc1ncc(-c2nc(N)c3nc(-c4cccc(NS(=O)(=O)CCCF)c4F)ccc3n2)cn1. The topological polar surface area (TPSA) is 163 Å². The highest BCUT2D eigenvalue weighted by Crippen LogP contribution is 2.30. The van der Waals surface area contributed by atoms with Gasteiger partial charge >= 0.3 is 0 Å². The van der Waals surface area contributed by atoms with Crippen molar-refractivity contribution in [2.45, 2.75) is 6.42 Å². The number of halogens is 2. The first-order chi connectivity index (χ1) is 15.8. The van der Waals surface area contributed by atoms with E-state index < -0.39 is 28.3 Å². The van der Waals surface area contributed by atoms with E-state index in [0.29, 0.717) is 11.1 Å². The summed E-state index contributed by atoms with van der Waals surface area (Å²) in [5.41, 5.74) is 12.7. The van der Waals surface area contributed by atoms with Gasteiger partial charge in [0.1, 0.15) is 5.52 Å². The van der Waals surface area contributed by atoms with Crippen LogP contribution in [0.25, 0.3) is 33.7 Å². The standard InChI is InChI=1S/C20H18F2N8O2S/c21-7-2-8-33(31,32)30-14-4-1-3-12(16(14)22)13-5-6-15-17(27-13)18(23)29-19(28-15)11-9-25-20(24)26-10-11/h1,3-6,9-10,30H,2,7-8H2,(H2,23,28,29)(H2,24,25,26). The summed E-state index contributed by atoms with van der Waals surface area (Å²) < 4.78 is 53.6. The van der Waals surface area contributed by atoms with Crippen LogP contribution in [0.15, 0.2) is 42.7 Å². The Bertz CT molecular complexity index is 1430. The molecule has 0 aliphatic heterocycles. The fraction of sp³-hybridized carbons (Fsp3) is 0.150. The summed E-state index contributed by atoms with van der Waals surface area (Å²) in [4.78, 5) is 20.8. The molecule has 0 saturated heterocycles. The molecule has 3 heterocycles. The van der Waals surface area contributed by atoms with Crippen molar-refractivity contribution in [1.82, 2.24) is 24.9 Å². The number of hydrogen-bond donors (Lipinski definition) is 3. The highest BCUT2D eigenvalue weighted by atomic mass is 32.2. The maximum absolute atomic E-state index is 15.1. The lowest BCUT2D eigenvalue weighted by molar-refractivity contribution is 0.484. The van der Waals surface area contributed by atoms with Crippen molar-refractivity contribution < 1.29 is 17.2 Å². The number of nitrogens with one attached hydrogen (secondary N) is 1. The van der Waals surface area contributed by atoms with Gasteiger partial charge in [0.2, 0.25) is 16.0 Å². The molecule has 0 spiro atoms. The number of nitrogens with two attached hydrogens (primary N) is 2.